The molecule has 0 saturated heterocycles. The molecule has 0 N–H and O–H groups in total. The first-order chi connectivity index (χ1) is 15.5. The summed E-state index contributed by atoms with van der Waals surface area (Å²) in [6.45, 7) is -1.50. The third kappa shape index (κ3) is 3.39. The number of fused-ring (bicyclic) bond motifs is 1. The summed E-state index contributed by atoms with van der Waals surface area (Å²) in [7, 11) is 0. The summed E-state index contributed by atoms with van der Waals surface area (Å²) < 4.78 is 77.5. The van der Waals surface area contributed by atoms with Gasteiger partial charge in [0.05, 0.1) is 25.7 Å². The lowest BCUT2D eigenvalue weighted by atomic mass is 9.81. The second-order valence-corrected chi connectivity index (χ2v) is 7.78. The van der Waals surface area contributed by atoms with Crippen molar-refractivity contribution in [2.45, 2.75) is 45.7 Å². The first-order valence-corrected chi connectivity index (χ1v) is 9.63. The van der Waals surface area contributed by atoms with Gasteiger partial charge in [-0.25, -0.2) is 13.5 Å². The lowest BCUT2D eigenvalue weighted by molar-refractivity contribution is -0.113. The SMILES string of the molecule is [2H]C([2H])(C1CC(F)(F)C1)n1cc(-c2cnn(C(F)F)c2)c2ncc(-c3c(C)noc3C)cc21. The van der Waals surface area contributed by atoms with E-state index in [2.05, 4.69) is 15.2 Å². The van der Waals surface area contributed by atoms with Crippen LogP contribution in [0.25, 0.3) is 33.3 Å². The van der Waals surface area contributed by atoms with Gasteiger partial charge in [-0.15, -0.1) is 0 Å². The molecule has 1 saturated carbocycles. The molecule has 1 fully saturated rings. The number of hydrogen-bond donors (Lipinski definition) is 0. The molecule has 0 bridgehead atoms. The Hall–Kier alpha value is -3.17. The van der Waals surface area contributed by atoms with Crippen molar-refractivity contribution in [1.82, 2.24) is 24.5 Å². The number of rotatable bonds is 5. The quantitative estimate of drug-likeness (QED) is 0.382. The van der Waals surface area contributed by atoms with Gasteiger partial charge in [-0.05, 0) is 25.8 Å². The molecule has 1 aliphatic carbocycles. The lowest BCUT2D eigenvalue weighted by Gasteiger charge is -2.35. The van der Waals surface area contributed by atoms with Gasteiger partial charge in [0, 0.05) is 60.2 Å². The van der Waals surface area contributed by atoms with Crippen molar-refractivity contribution >= 4 is 11.0 Å². The van der Waals surface area contributed by atoms with E-state index in [9.17, 15) is 17.6 Å². The first kappa shape index (κ1) is 17.5. The molecule has 5 rings (SSSR count). The summed E-state index contributed by atoms with van der Waals surface area (Å²) in [5.41, 5.74) is 3.29. The molecule has 162 valence electrons. The maximum atomic E-state index is 13.5. The van der Waals surface area contributed by atoms with Gasteiger partial charge < -0.3 is 9.09 Å². The van der Waals surface area contributed by atoms with Crippen molar-refractivity contribution in [3.05, 3.63) is 42.3 Å². The minimum absolute atomic E-state index is 0.311. The van der Waals surface area contributed by atoms with E-state index in [0.29, 0.717) is 49.4 Å². The summed E-state index contributed by atoms with van der Waals surface area (Å²) in [4.78, 5) is 4.49. The van der Waals surface area contributed by atoms with Crippen molar-refractivity contribution in [2.24, 2.45) is 5.92 Å². The largest absolute Gasteiger partial charge is 0.361 e. The zero-order valence-corrected chi connectivity index (χ0v) is 16.6. The minimum atomic E-state index is -2.90. The van der Waals surface area contributed by atoms with Crippen LogP contribution in [-0.2, 0) is 6.50 Å². The highest BCUT2D eigenvalue weighted by Gasteiger charge is 2.45. The van der Waals surface area contributed by atoms with E-state index in [1.807, 2.05) is 0 Å². The number of alkyl halides is 4. The van der Waals surface area contributed by atoms with Crippen LogP contribution >= 0.6 is 0 Å². The van der Waals surface area contributed by atoms with Crippen molar-refractivity contribution in [3.63, 3.8) is 0 Å². The van der Waals surface area contributed by atoms with Crippen molar-refractivity contribution in [2.75, 3.05) is 0 Å². The molecule has 0 atom stereocenters. The van der Waals surface area contributed by atoms with E-state index in [0.717, 1.165) is 6.20 Å². The summed E-state index contributed by atoms with van der Waals surface area (Å²) in [6, 6.07) is 1.69. The zero-order chi connectivity index (χ0) is 23.7. The zero-order valence-electron chi connectivity index (χ0n) is 18.6. The van der Waals surface area contributed by atoms with Crippen LogP contribution in [0.5, 0.6) is 0 Å². The van der Waals surface area contributed by atoms with Crippen molar-refractivity contribution in [3.8, 4) is 22.3 Å². The molecule has 6 nitrogen and oxygen atoms in total. The summed E-state index contributed by atoms with van der Waals surface area (Å²) in [5.74, 6) is -3.27. The fraction of sp³-hybridized carbons (Fsp3) is 0.381. The highest BCUT2D eigenvalue weighted by Crippen LogP contribution is 2.44. The third-order valence-electron chi connectivity index (χ3n) is 5.49. The van der Waals surface area contributed by atoms with Gasteiger partial charge >= 0.3 is 6.55 Å². The summed E-state index contributed by atoms with van der Waals surface area (Å²) in [6.07, 6.45) is 4.22. The second-order valence-electron chi connectivity index (χ2n) is 7.78. The molecule has 0 spiro atoms. The van der Waals surface area contributed by atoms with Gasteiger partial charge in [0.25, 0.3) is 0 Å². The maximum absolute atomic E-state index is 13.5. The second kappa shape index (κ2) is 6.93. The third-order valence-corrected chi connectivity index (χ3v) is 5.49. The summed E-state index contributed by atoms with van der Waals surface area (Å²) >= 11 is 0. The Bertz CT molecular complexity index is 1330. The number of aryl methyl sites for hydroxylation is 2. The molecule has 1 aliphatic rings. The van der Waals surface area contributed by atoms with Gasteiger partial charge in [-0.1, -0.05) is 5.16 Å². The highest BCUT2D eigenvalue weighted by molar-refractivity contribution is 5.94. The van der Waals surface area contributed by atoms with Gasteiger partial charge in [-0.3, -0.25) is 4.98 Å². The Morgan fingerprint density at radius 2 is 2.00 bits per heavy atom. The molecule has 31 heavy (non-hydrogen) atoms. The number of pyridine rings is 1. The van der Waals surface area contributed by atoms with Crippen LogP contribution in [0, 0.1) is 19.8 Å². The molecule has 0 aliphatic heterocycles. The van der Waals surface area contributed by atoms with Crippen LogP contribution in [0.4, 0.5) is 17.6 Å². The molecule has 4 heterocycles. The van der Waals surface area contributed by atoms with Crippen LogP contribution in [0.1, 0.15) is 33.6 Å². The molecule has 0 amide bonds. The average Bonchev–Trinajstić information content (AvgIpc) is 3.42. The topological polar surface area (TPSA) is 61.7 Å². The summed E-state index contributed by atoms with van der Waals surface area (Å²) in [5, 5.41) is 7.58. The maximum Gasteiger partial charge on any atom is 0.333 e. The number of nitrogens with zero attached hydrogens (tertiary/aromatic N) is 5. The number of aromatic nitrogens is 5. The van der Waals surface area contributed by atoms with E-state index in [1.165, 1.54) is 17.0 Å². The molecule has 0 radical (unpaired) electrons. The fourth-order valence-electron chi connectivity index (χ4n) is 3.99. The smallest absolute Gasteiger partial charge is 0.333 e. The molecular formula is C21H19F4N5O. The van der Waals surface area contributed by atoms with Gasteiger partial charge in [0.2, 0.25) is 5.92 Å². The lowest BCUT2D eigenvalue weighted by Crippen LogP contribution is -2.37. The fourth-order valence-corrected chi connectivity index (χ4v) is 3.99. The molecule has 10 heteroatoms. The van der Waals surface area contributed by atoms with Crippen LogP contribution in [0.3, 0.4) is 0 Å². The van der Waals surface area contributed by atoms with Crippen LogP contribution in [0.15, 0.2) is 35.4 Å². The Kier molecular flexibility index (Phi) is 3.91. The van der Waals surface area contributed by atoms with E-state index in [1.54, 1.807) is 26.1 Å². The molecule has 0 unspecified atom stereocenters. The standard InChI is InChI=1S/C21H19F4N5O/c1-11-18(12(2)31-28-11)14-3-17-19(26-6-14)16(15-7-27-30(9-15)20(22)23)10-29(17)8-13-4-21(24,25)5-13/h3,6-7,9-10,13,20H,4-5,8H2,1-2H3/i8D2. The molecule has 4 aromatic heterocycles. The van der Waals surface area contributed by atoms with E-state index >= 15 is 0 Å². The predicted molar refractivity (Wildman–Crippen MR) is 105 cm³/mol. The Morgan fingerprint density at radius 3 is 2.61 bits per heavy atom. The van der Waals surface area contributed by atoms with Crippen molar-refractivity contribution < 1.29 is 24.8 Å². The minimum Gasteiger partial charge on any atom is -0.361 e. The Balaban J connectivity index is 1.70. The predicted octanol–water partition coefficient (Wildman–Crippen LogP) is 5.61. The average molecular weight is 435 g/mol. The van der Waals surface area contributed by atoms with Gasteiger partial charge in [0.15, 0.2) is 0 Å². The van der Waals surface area contributed by atoms with E-state index in [4.69, 9.17) is 7.26 Å². The van der Waals surface area contributed by atoms with Crippen LogP contribution in [-0.4, -0.2) is 30.4 Å². The van der Waals surface area contributed by atoms with E-state index < -0.39 is 37.7 Å². The number of hydrogen-bond acceptors (Lipinski definition) is 4. The van der Waals surface area contributed by atoms with Crippen LogP contribution in [0.2, 0.25) is 0 Å². The molecule has 4 aromatic rings. The first-order valence-electron chi connectivity index (χ1n) is 10.6. The van der Waals surface area contributed by atoms with Crippen LogP contribution < -0.4 is 0 Å². The molecular weight excluding hydrogens is 414 g/mol. The van der Waals surface area contributed by atoms with Crippen molar-refractivity contribution in [1.29, 1.82) is 0 Å². The van der Waals surface area contributed by atoms with Gasteiger partial charge in [0.1, 0.15) is 5.76 Å². The molecule has 0 aromatic carbocycles. The normalized spacial score (nSPS) is 17.8. The monoisotopic (exact) mass is 435 g/mol. The number of halogens is 4. The Morgan fingerprint density at radius 1 is 1.23 bits per heavy atom. The Labute approximate surface area is 177 Å². The van der Waals surface area contributed by atoms with E-state index in [-0.39, 0.29) is 0 Å². The van der Waals surface area contributed by atoms with Gasteiger partial charge in [-0.2, -0.15) is 13.9 Å². The highest BCUT2D eigenvalue weighted by atomic mass is 19.3.